The summed E-state index contributed by atoms with van der Waals surface area (Å²) in [5.41, 5.74) is -0.102. The third kappa shape index (κ3) is 3.63. The number of methoxy groups -OCH3 is 1. The molecule has 0 radical (unpaired) electrons. The van der Waals surface area contributed by atoms with Crippen LogP contribution in [0.3, 0.4) is 0 Å². The van der Waals surface area contributed by atoms with Gasteiger partial charge in [0.25, 0.3) is 5.91 Å². The molecule has 1 aromatic heterocycles. The summed E-state index contributed by atoms with van der Waals surface area (Å²) in [5.74, 6) is -1.99. The van der Waals surface area contributed by atoms with Crippen molar-refractivity contribution in [2.45, 2.75) is 18.6 Å². The van der Waals surface area contributed by atoms with E-state index < -0.39 is 29.8 Å². The monoisotopic (exact) mass is 411 g/mol. The van der Waals surface area contributed by atoms with E-state index in [1.165, 1.54) is 30.2 Å². The lowest BCUT2D eigenvalue weighted by molar-refractivity contribution is -0.145. The van der Waals surface area contributed by atoms with Crippen LogP contribution < -0.4 is 10.2 Å². The van der Waals surface area contributed by atoms with Gasteiger partial charge < -0.3 is 18.8 Å². The zero-order valence-electron chi connectivity index (χ0n) is 16.0. The molecule has 3 aromatic rings. The maximum Gasteiger partial charge on any atom is 0.328 e. The molecule has 1 aliphatic rings. The lowest BCUT2D eigenvalue weighted by Gasteiger charge is -2.21. The maximum atomic E-state index is 13.9. The van der Waals surface area contributed by atoms with Crippen LogP contribution in [0.15, 0.2) is 63.8 Å². The number of carbonyl (C=O) groups is 2. The number of halogens is 1. The number of amides is 1. The molecule has 1 saturated heterocycles. The average molecular weight is 411 g/mol. The molecule has 0 saturated carbocycles. The van der Waals surface area contributed by atoms with E-state index in [4.69, 9.17) is 13.9 Å². The van der Waals surface area contributed by atoms with Gasteiger partial charge in [0.05, 0.1) is 19.0 Å². The minimum atomic E-state index is -0.948. The predicted octanol–water partition coefficient (Wildman–Crippen LogP) is 2.77. The zero-order valence-corrected chi connectivity index (χ0v) is 16.0. The van der Waals surface area contributed by atoms with E-state index in [1.54, 1.807) is 30.3 Å². The second kappa shape index (κ2) is 7.98. The molecule has 2 atom stereocenters. The van der Waals surface area contributed by atoms with Gasteiger partial charge in [0.2, 0.25) is 0 Å². The van der Waals surface area contributed by atoms with E-state index in [-0.39, 0.29) is 35.5 Å². The number of fused-ring (bicyclic) bond motifs is 1. The Balaban J connectivity index is 1.63. The fraction of sp³-hybridized carbons (Fsp3) is 0.227. The SMILES string of the molecule is COC(=O)[C@H]1C[C@H](Oc2ccccc2F)CN1C(=O)c1cc(=O)c2ccccc2o1. The van der Waals surface area contributed by atoms with Gasteiger partial charge in [-0.1, -0.05) is 24.3 Å². The van der Waals surface area contributed by atoms with Crippen molar-refractivity contribution in [1.29, 1.82) is 0 Å². The number of hydrogen-bond donors (Lipinski definition) is 0. The molecule has 7 nitrogen and oxygen atoms in total. The van der Waals surface area contributed by atoms with Crippen molar-refractivity contribution < 1.29 is 27.9 Å². The Hall–Kier alpha value is -3.68. The van der Waals surface area contributed by atoms with Crippen molar-refractivity contribution >= 4 is 22.8 Å². The summed E-state index contributed by atoms with van der Waals surface area (Å²) in [6, 6.07) is 12.6. The van der Waals surface area contributed by atoms with Crippen LogP contribution in [0.4, 0.5) is 4.39 Å². The zero-order chi connectivity index (χ0) is 21.3. The van der Waals surface area contributed by atoms with Gasteiger partial charge >= 0.3 is 5.97 Å². The van der Waals surface area contributed by atoms with Gasteiger partial charge in [0.15, 0.2) is 22.8 Å². The number of hydrogen-bond acceptors (Lipinski definition) is 6. The summed E-state index contributed by atoms with van der Waals surface area (Å²) in [6.07, 6.45) is -0.521. The Bertz CT molecular complexity index is 1170. The first-order chi connectivity index (χ1) is 14.5. The van der Waals surface area contributed by atoms with Gasteiger partial charge in [-0.25, -0.2) is 9.18 Å². The highest BCUT2D eigenvalue weighted by atomic mass is 19.1. The van der Waals surface area contributed by atoms with E-state index in [0.717, 1.165) is 6.07 Å². The maximum absolute atomic E-state index is 13.9. The van der Waals surface area contributed by atoms with Gasteiger partial charge in [0.1, 0.15) is 17.7 Å². The molecular formula is C22H18FNO6. The smallest absolute Gasteiger partial charge is 0.328 e. The van der Waals surface area contributed by atoms with Crippen LogP contribution >= 0.6 is 0 Å². The summed E-state index contributed by atoms with van der Waals surface area (Å²) < 4.78 is 30.0. The summed E-state index contributed by atoms with van der Waals surface area (Å²) in [6.45, 7) is 0.00344. The number of carbonyl (C=O) groups excluding carboxylic acids is 2. The summed E-state index contributed by atoms with van der Waals surface area (Å²) in [5, 5.41) is 0.348. The van der Waals surface area contributed by atoms with Gasteiger partial charge in [-0.15, -0.1) is 0 Å². The first-order valence-electron chi connectivity index (χ1n) is 9.31. The average Bonchev–Trinajstić information content (AvgIpc) is 3.18. The van der Waals surface area contributed by atoms with E-state index >= 15 is 0 Å². The fourth-order valence-electron chi connectivity index (χ4n) is 3.54. The summed E-state index contributed by atoms with van der Waals surface area (Å²) >= 11 is 0. The quantitative estimate of drug-likeness (QED) is 0.614. The van der Waals surface area contributed by atoms with Crippen molar-refractivity contribution in [2.75, 3.05) is 13.7 Å². The molecule has 2 heterocycles. The molecule has 0 bridgehead atoms. The summed E-state index contributed by atoms with van der Waals surface area (Å²) in [4.78, 5) is 38.9. The topological polar surface area (TPSA) is 86.0 Å². The van der Waals surface area contributed by atoms with Crippen LogP contribution in [0.25, 0.3) is 11.0 Å². The molecule has 8 heteroatoms. The van der Waals surface area contributed by atoms with E-state index in [0.29, 0.717) is 5.39 Å². The first-order valence-corrected chi connectivity index (χ1v) is 9.31. The molecule has 1 fully saturated rings. The highest BCUT2D eigenvalue weighted by Gasteiger charge is 2.42. The Morgan fingerprint density at radius 1 is 1.13 bits per heavy atom. The van der Waals surface area contributed by atoms with Crippen molar-refractivity contribution in [2.24, 2.45) is 0 Å². The number of rotatable bonds is 4. The van der Waals surface area contributed by atoms with Crippen molar-refractivity contribution in [3.63, 3.8) is 0 Å². The highest BCUT2D eigenvalue weighted by molar-refractivity contribution is 5.96. The minimum Gasteiger partial charge on any atom is -0.485 e. The number of esters is 1. The van der Waals surface area contributed by atoms with Crippen LogP contribution in [-0.4, -0.2) is 42.6 Å². The van der Waals surface area contributed by atoms with Crippen LogP contribution in [0, 0.1) is 5.82 Å². The van der Waals surface area contributed by atoms with Gasteiger partial charge in [-0.3, -0.25) is 9.59 Å². The Labute approximate surface area is 170 Å². The van der Waals surface area contributed by atoms with Crippen molar-refractivity contribution in [3.8, 4) is 5.75 Å². The molecule has 2 aromatic carbocycles. The van der Waals surface area contributed by atoms with E-state index in [2.05, 4.69) is 0 Å². The lowest BCUT2D eigenvalue weighted by atomic mass is 10.2. The minimum absolute atomic E-state index is 0.00344. The van der Waals surface area contributed by atoms with Crippen LogP contribution in [0.2, 0.25) is 0 Å². The normalized spacial score (nSPS) is 18.4. The van der Waals surface area contributed by atoms with Gasteiger partial charge in [-0.2, -0.15) is 0 Å². The molecule has 0 unspecified atom stereocenters. The number of para-hydroxylation sites is 2. The lowest BCUT2D eigenvalue weighted by Crippen LogP contribution is -2.41. The number of ether oxygens (including phenoxy) is 2. The molecule has 1 aliphatic heterocycles. The molecule has 4 rings (SSSR count). The molecule has 0 N–H and O–H groups in total. The largest absolute Gasteiger partial charge is 0.485 e. The van der Waals surface area contributed by atoms with E-state index in [1.807, 2.05) is 0 Å². The Morgan fingerprint density at radius 2 is 1.87 bits per heavy atom. The van der Waals surface area contributed by atoms with Crippen LogP contribution in [0.5, 0.6) is 5.75 Å². The number of benzene rings is 2. The molecule has 0 spiro atoms. The summed E-state index contributed by atoms with van der Waals surface area (Å²) in [7, 11) is 1.21. The molecule has 30 heavy (non-hydrogen) atoms. The second-order valence-electron chi connectivity index (χ2n) is 6.87. The van der Waals surface area contributed by atoms with Crippen LogP contribution in [0.1, 0.15) is 17.0 Å². The second-order valence-corrected chi connectivity index (χ2v) is 6.87. The molecule has 0 aliphatic carbocycles. The van der Waals surface area contributed by atoms with Gasteiger partial charge in [-0.05, 0) is 24.3 Å². The first kappa shape index (κ1) is 19.6. The van der Waals surface area contributed by atoms with Crippen LogP contribution in [-0.2, 0) is 9.53 Å². The predicted molar refractivity (Wildman–Crippen MR) is 105 cm³/mol. The molecule has 154 valence electrons. The van der Waals surface area contributed by atoms with Crippen molar-refractivity contribution in [1.82, 2.24) is 4.90 Å². The van der Waals surface area contributed by atoms with E-state index in [9.17, 15) is 18.8 Å². The third-order valence-electron chi connectivity index (χ3n) is 4.97. The molecular weight excluding hydrogens is 393 g/mol. The standard InChI is InChI=1S/C22H18FNO6/c1-28-22(27)16-10-13(29-19-9-5-3-7-15(19)23)12-24(16)21(26)20-11-17(25)14-6-2-4-8-18(14)30-20/h2-9,11,13,16H,10,12H2,1H3/t13-,16+/m0/s1. The Morgan fingerprint density at radius 3 is 2.63 bits per heavy atom. The molecule has 1 amide bonds. The highest BCUT2D eigenvalue weighted by Crippen LogP contribution is 2.27. The fourth-order valence-corrected chi connectivity index (χ4v) is 3.54. The Kier molecular flexibility index (Phi) is 5.22. The van der Waals surface area contributed by atoms with Gasteiger partial charge in [0, 0.05) is 12.5 Å². The number of likely N-dealkylation sites (tertiary alicyclic amines) is 1. The van der Waals surface area contributed by atoms with Crippen molar-refractivity contribution in [3.05, 3.63) is 76.4 Å². The number of nitrogens with zero attached hydrogens (tertiary/aromatic N) is 1. The third-order valence-corrected chi connectivity index (χ3v) is 4.97.